The van der Waals surface area contributed by atoms with Gasteiger partial charge >= 0.3 is 6.03 Å². The summed E-state index contributed by atoms with van der Waals surface area (Å²) >= 11 is 1.41. The third-order valence-electron chi connectivity index (χ3n) is 5.88. The maximum Gasteiger partial charge on any atom is 0.327 e. The maximum atomic E-state index is 13.7. The Balaban J connectivity index is 1.74. The minimum Gasteiger partial charge on any atom is -0.310 e. The van der Waals surface area contributed by atoms with E-state index in [1.165, 1.54) is 17.1 Å². The quantitative estimate of drug-likeness (QED) is 0.390. The summed E-state index contributed by atoms with van der Waals surface area (Å²) in [7, 11) is 0. The number of carbonyl (C=O) groups is 1. The number of hydrogen-bond acceptors (Lipinski definition) is 4. The molecule has 4 rings (SSSR count). The van der Waals surface area contributed by atoms with Gasteiger partial charge in [0.2, 0.25) is 0 Å². The average molecular weight is 473 g/mol. The first-order valence-electron chi connectivity index (χ1n) is 11.8. The minimum absolute atomic E-state index is 0.00537. The van der Waals surface area contributed by atoms with Gasteiger partial charge in [0.05, 0.1) is 19.0 Å². The summed E-state index contributed by atoms with van der Waals surface area (Å²) in [4.78, 5) is 19.8. The van der Waals surface area contributed by atoms with Crippen molar-refractivity contribution in [2.24, 2.45) is 11.8 Å². The van der Waals surface area contributed by atoms with Crippen molar-refractivity contribution in [1.82, 2.24) is 14.2 Å². The molecule has 0 aliphatic carbocycles. The molecule has 1 aliphatic rings. The van der Waals surface area contributed by atoms with E-state index in [9.17, 15) is 4.79 Å². The van der Waals surface area contributed by atoms with Gasteiger partial charge in [-0.25, -0.2) is 4.79 Å². The molecule has 2 aromatic carbocycles. The minimum atomic E-state index is -0.00602. The summed E-state index contributed by atoms with van der Waals surface area (Å²) in [6.45, 7) is 8.97. The van der Waals surface area contributed by atoms with Gasteiger partial charge in [0.1, 0.15) is 5.00 Å². The summed E-state index contributed by atoms with van der Waals surface area (Å²) < 4.78 is 4.86. The number of anilines is 1. The van der Waals surface area contributed by atoms with Crippen LogP contribution in [0.5, 0.6) is 0 Å². The van der Waals surface area contributed by atoms with Crippen LogP contribution < -0.4 is 4.90 Å². The number of rotatable bonds is 8. The van der Waals surface area contributed by atoms with Crippen molar-refractivity contribution in [2.75, 3.05) is 31.3 Å². The second kappa shape index (κ2) is 10.9. The van der Waals surface area contributed by atoms with Crippen LogP contribution in [-0.2, 0) is 6.42 Å². The highest BCUT2D eigenvalue weighted by Gasteiger charge is 2.35. The molecule has 0 bridgehead atoms. The third-order valence-corrected chi connectivity index (χ3v) is 6.79. The Hall–Kier alpha value is -3.14. The first kappa shape index (κ1) is 24.0. The summed E-state index contributed by atoms with van der Waals surface area (Å²) in [5, 5.41) is 0.897. The van der Waals surface area contributed by atoms with E-state index in [1.807, 2.05) is 53.1 Å². The van der Waals surface area contributed by atoms with E-state index in [0.717, 1.165) is 34.8 Å². The van der Waals surface area contributed by atoms with Crippen molar-refractivity contribution in [3.8, 4) is 23.5 Å². The Bertz CT molecular complexity index is 1140. The second-order valence-corrected chi connectivity index (χ2v) is 10.1. The average Bonchev–Trinajstić information content (AvgIpc) is 3.25. The Kier molecular flexibility index (Phi) is 7.66. The fourth-order valence-corrected chi connectivity index (χ4v) is 5.30. The van der Waals surface area contributed by atoms with Gasteiger partial charge in [0.25, 0.3) is 0 Å². The number of aromatic nitrogens is 1. The van der Waals surface area contributed by atoms with Crippen LogP contribution in [-0.4, -0.2) is 46.6 Å². The van der Waals surface area contributed by atoms with Crippen LogP contribution in [0.2, 0.25) is 0 Å². The fraction of sp³-hybridized carbons (Fsp3) is 0.357. The van der Waals surface area contributed by atoms with E-state index in [1.54, 1.807) is 0 Å². The molecule has 1 aliphatic heterocycles. The van der Waals surface area contributed by atoms with Crippen LogP contribution in [0.1, 0.15) is 32.0 Å². The van der Waals surface area contributed by atoms with E-state index in [2.05, 4.69) is 48.9 Å². The molecule has 2 heterocycles. The van der Waals surface area contributed by atoms with Crippen molar-refractivity contribution < 1.29 is 4.79 Å². The lowest BCUT2D eigenvalue weighted by atomic mass is 10.0. The zero-order valence-electron chi connectivity index (χ0n) is 20.1. The number of carbonyl (C=O) groups excluding carboxylic acids is 1. The predicted octanol–water partition coefficient (Wildman–Crippen LogP) is 5.79. The highest BCUT2D eigenvalue weighted by molar-refractivity contribution is 7.11. The van der Waals surface area contributed by atoms with Crippen LogP contribution in [0.15, 0.2) is 60.7 Å². The lowest BCUT2D eigenvalue weighted by Crippen LogP contribution is -2.59. The smallest absolute Gasteiger partial charge is 0.310 e. The standard InChI is InChI=1S/C28H32N4OS/c1-5-22(4)18-31-19-30(17-21(2)3)20-32(28(31)33)27-26(24-14-10-7-11-15-24)25(29-34-27)16-23-12-8-6-9-13-23/h1,6-15,21-22H,16-20H2,2-4H3. The molecule has 1 unspecified atom stereocenters. The van der Waals surface area contributed by atoms with Crippen molar-refractivity contribution in [2.45, 2.75) is 27.2 Å². The summed E-state index contributed by atoms with van der Waals surface area (Å²) in [5.74, 6) is 3.26. The third kappa shape index (κ3) is 5.49. The molecule has 0 spiro atoms. The molecular formula is C28H32N4OS. The molecule has 34 heavy (non-hydrogen) atoms. The van der Waals surface area contributed by atoms with E-state index in [0.29, 0.717) is 25.8 Å². The Morgan fingerprint density at radius 3 is 2.32 bits per heavy atom. The number of urea groups is 1. The molecular weight excluding hydrogens is 440 g/mol. The lowest BCUT2D eigenvalue weighted by Gasteiger charge is -2.42. The van der Waals surface area contributed by atoms with Gasteiger partial charge in [-0.2, -0.15) is 4.37 Å². The van der Waals surface area contributed by atoms with Crippen LogP contribution in [0.3, 0.4) is 0 Å². The monoisotopic (exact) mass is 472 g/mol. The largest absolute Gasteiger partial charge is 0.327 e. The zero-order valence-corrected chi connectivity index (χ0v) is 21.0. The molecule has 6 heteroatoms. The Morgan fingerprint density at radius 2 is 1.68 bits per heavy atom. The van der Waals surface area contributed by atoms with Gasteiger partial charge in [-0.1, -0.05) is 74.5 Å². The number of benzene rings is 2. The SMILES string of the molecule is C#CC(C)CN1CN(CC(C)C)CN(c2snc(Cc3ccccc3)c2-c2ccccc2)C1=O. The molecule has 0 saturated carbocycles. The molecule has 1 aromatic heterocycles. The first-order chi connectivity index (χ1) is 16.5. The molecule has 1 saturated heterocycles. The molecule has 3 aromatic rings. The Morgan fingerprint density at radius 1 is 1.00 bits per heavy atom. The number of nitrogens with zero attached hydrogens (tertiary/aromatic N) is 4. The van der Waals surface area contributed by atoms with E-state index in [-0.39, 0.29) is 11.9 Å². The van der Waals surface area contributed by atoms with Crippen LogP contribution in [0, 0.1) is 24.2 Å². The molecule has 0 radical (unpaired) electrons. The van der Waals surface area contributed by atoms with Crippen LogP contribution in [0.4, 0.5) is 9.80 Å². The van der Waals surface area contributed by atoms with Gasteiger partial charge in [-0.3, -0.25) is 9.80 Å². The van der Waals surface area contributed by atoms with Crippen molar-refractivity contribution >= 4 is 22.6 Å². The van der Waals surface area contributed by atoms with Crippen LogP contribution >= 0.6 is 11.5 Å². The van der Waals surface area contributed by atoms with Crippen molar-refractivity contribution in [3.05, 3.63) is 71.9 Å². The molecule has 1 fully saturated rings. The topological polar surface area (TPSA) is 39.7 Å². The van der Waals surface area contributed by atoms with Gasteiger partial charge in [-0.05, 0) is 35.5 Å². The first-order valence-corrected chi connectivity index (χ1v) is 12.6. The summed E-state index contributed by atoms with van der Waals surface area (Å²) in [5.41, 5.74) is 4.32. The van der Waals surface area contributed by atoms with E-state index in [4.69, 9.17) is 10.8 Å². The molecule has 5 nitrogen and oxygen atoms in total. The highest BCUT2D eigenvalue weighted by Crippen LogP contribution is 2.40. The van der Waals surface area contributed by atoms with E-state index >= 15 is 0 Å². The van der Waals surface area contributed by atoms with Gasteiger partial charge in [0, 0.05) is 31.0 Å². The summed E-state index contributed by atoms with van der Waals surface area (Å²) in [6, 6.07) is 20.6. The highest BCUT2D eigenvalue weighted by atomic mass is 32.1. The summed E-state index contributed by atoms with van der Waals surface area (Å²) in [6.07, 6.45) is 6.37. The normalized spacial score (nSPS) is 15.6. The Labute approximate surface area is 207 Å². The molecule has 176 valence electrons. The van der Waals surface area contributed by atoms with Crippen molar-refractivity contribution in [1.29, 1.82) is 0 Å². The molecule has 2 amide bonds. The fourth-order valence-electron chi connectivity index (χ4n) is 4.38. The van der Waals surface area contributed by atoms with E-state index < -0.39 is 0 Å². The van der Waals surface area contributed by atoms with Crippen LogP contribution in [0.25, 0.3) is 11.1 Å². The van der Waals surface area contributed by atoms with Gasteiger partial charge in [0.15, 0.2) is 0 Å². The predicted molar refractivity (Wildman–Crippen MR) is 141 cm³/mol. The number of hydrogen-bond donors (Lipinski definition) is 0. The maximum absolute atomic E-state index is 13.7. The zero-order chi connectivity index (χ0) is 24.1. The molecule has 1 atom stereocenters. The second-order valence-electron chi connectivity index (χ2n) is 9.37. The van der Waals surface area contributed by atoms with Gasteiger partial charge in [-0.15, -0.1) is 12.3 Å². The number of amides is 2. The lowest BCUT2D eigenvalue weighted by molar-refractivity contribution is 0.103. The number of terminal acetylenes is 1. The van der Waals surface area contributed by atoms with Crippen molar-refractivity contribution in [3.63, 3.8) is 0 Å². The molecule has 0 N–H and O–H groups in total. The van der Waals surface area contributed by atoms with Gasteiger partial charge < -0.3 is 4.90 Å².